The molecule has 1 atom stereocenters. The van der Waals surface area contributed by atoms with Gasteiger partial charge in [-0.25, -0.2) is 9.18 Å². The summed E-state index contributed by atoms with van der Waals surface area (Å²) in [7, 11) is 0. The van der Waals surface area contributed by atoms with E-state index >= 15 is 0 Å². The Hall–Kier alpha value is -3.98. The quantitative estimate of drug-likeness (QED) is 0.678. The van der Waals surface area contributed by atoms with Crippen molar-refractivity contribution >= 4 is 17.6 Å². The minimum absolute atomic E-state index is 0.162. The molecule has 0 unspecified atom stereocenters. The molecule has 6 heteroatoms. The maximum absolute atomic E-state index is 13.1. The molecule has 1 amide bonds. The molecule has 3 aromatic rings. The van der Waals surface area contributed by atoms with Gasteiger partial charge in [-0.05, 0) is 42.5 Å². The van der Waals surface area contributed by atoms with Crippen molar-refractivity contribution in [3.8, 4) is 6.07 Å². The number of rotatable bonds is 5. The average Bonchev–Trinajstić information content (AvgIpc) is 2.74. The molecular formula is C22H15FN2O3. The van der Waals surface area contributed by atoms with E-state index < -0.39 is 23.8 Å². The Balaban J connectivity index is 1.84. The average molecular weight is 374 g/mol. The summed E-state index contributed by atoms with van der Waals surface area (Å²) in [5.74, 6) is -1.75. The van der Waals surface area contributed by atoms with Crippen LogP contribution in [0.15, 0.2) is 78.9 Å². The SMILES string of the molecule is N#Cc1cccc(C(=O)O[C@H](C(=O)Nc2ccc(F)cc2)c2ccccc2)c1. The predicted octanol–water partition coefficient (Wildman–Crippen LogP) is 4.23. The number of hydrogen-bond donors (Lipinski definition) is 1. The zero-order valence-corrected chi connectivity index (χ0v) is 14.6. The van der Waals surface area contributed by atoms with Crippen molar-refractivity contribution in [3.05, 3.63) is 101 Å². The predicted molar refractivity (Wildman–Crippen MR) is 101 cm³/mol. The van der Waals surface area contributed by atoms with Crippen LogP contribution in [-0.4, -0.2) is 11.9 Å². The Morgan fingerprint density at radius 1 is 0.964 bits per heavy atom. The molecule has 1 N–H and O–H groups in total. The standard InChI is InChI=1S/C22H15FN2O3/c23-18-9-11-19(12-10-18)25-21(26)20(16-6-2-1-3-7-16)28-22(27)17-8-4-5-15(13-17)14-24/h1-13,20H,(H,25,26)/t20-/m0/s1. The van der Waals surface area contributed by atoms with E-state index in [1.54, 1.807) is 42.5 Å². The van der Waals surface area contributed by atoms with Crippen molar-refractivity contribution in [3.63, 3.8) is 0 Å². The third-order valence-electron chi connectivity index (χ3n) is 3.90. The van der Waals surface area contributed by atoms with E-state index in [0.717, 1.165) is 0 Å². The van der Waals surface area contributed by atoms with Crippen molar-refractivity contribution < 1.29 is 18.7 Å². The molecule has 5 nitrogen and oxygen atoms in total. The maximum atomic E-state index is 13.1. The van der Waals surface area contributed by atoms with Crippen LogP contribution >= 0.6 is 0 Å². The molecule has 0 aliphatic heterocycles. The van der Waals surface area contributed by atoms with E-state index in [1.807, 2.05) is 6.07 Å². The summed E-state index contributed by atoms with van der Waals surface area (Å²) in [4.78, 5) is 25.3. The van der Waals surface area contributed by atoms with Crippen LogP contribution in [0.4, 0.5) is 10.1 Å². The van der Waals surface area contributed by atoms with Gasteiger partial charge in [-0.1, -0.05) is 36.4 Å². The number of nitriles is 1. The van der Waals surface area contributed by atoms with Gasteiger partial charge in [0.25, 0.3) is 5.91 Å². The van der Waals surface area contributed by atoms with Crippen LogP contribution in [0.5, 0.6) is 0 Å². The first-order chi connectivity index (χ1) is 13.6. The summed E-state index contributed by atoms with van der Waals surface area (Å²) in [6.07, 6.45) is -1.22. The number of esters is 1. The summed E-state index contributed by atoms with van der Waals surface area (Å²) >= 11 is 0. The minimum atomic E-state index is -1.22. The van der Waals surface area contributed by atoms with E-state index in [1.165, 1.54) is 36.4 Å². The van der Waals surface area contributed by atoms with Crippen LogP contribution in [-0.2, 0) is 9.53 Å². The summed E-state index contributed by atoms with van der Waals surface area (Å²) < 4.78 is 18.5. The van der Waals surface area contributed by atoms with Crippen LogP contribution in [0.3, 0.4) is 0 Å². The lowest BCUT2D eigenvalue weighted by Crippen LogP contribution is -2.26. The van der Waals surface area contributed by atoms with Gasteiger partial charge in [0.15, 0.2) is 0 Å². The van der Waals surface area contributed by atoms with Crippen molar-refractivity contribution in [1.82, 2.24) is 0 Å². The lowest BCUT2D eigenvalue weighted by atomic mass is 10.1. The largest absolute Gasteiger partial charge is 0.444 e. The Bertz CT molecular complexity index is 1030. The molecule has 0 saturated heterocycles. The number of nitrogens with zero attached hydrogens (tertiary/aromatic N) is 1. The number of ether oxygens (including phenoxy) is 1. The molecule has 0 radical (unpaired) electrons. The van der Waals surface area contributed by atoms with E-state index in [2.05, 4.69) is 5.32 Å². The Kier molecular flexibility index (Phi) is 5.78. The Morgan fingerprint density at radius 3 is 2.36 bits per heavy atom. The van der Waals surface area contributed by atoms with Crippen molar-refractivity contribution in [2.75, 3.05) is 5.32 Å². The molecule has 0 saturated carbocycles. The van der Waals surface area contributed by atoms with Gasteiger partial charge in [0.05, 0.1) is 17.2 Å². The summed E-state index contributed by atoms with van der Waals surface area (Å²) in [6.45, 7) is 0. The van der Waals surface area contributed by atoms with Crippen molar-refractivity contribution in [2.24, 2.45) is 0 Å². The number of benzene rings is 3. The monoisotopic (exact) mass is 374 g/mol. The smallest absolute Gasteiger partial charge is 0.339 e. The highest BCUT2D eigenvalue weighted by atomic mass is 19.1. The molecule has 3 rings (SSSR count). The van der Waals surface area contributed by atoms with Gasteiger partial charge in [0, 0.05) is 11.3 Å². The number of anilines is 1. The number of halogens is 1. The second kappa shape index (κ2) is 8.60. The van der Waals surface area contributed by atoms with E-state index in [-0.39, 0.29) is 5.56 Å². The van der Waals surface area contributed by atoms with Gasteiger partial charge in [-0.2, -0.15) is 5.26 Å². The number of carbonyl (C=O) groups is 2. The summed E-state index contributed by atoms with van der Waals surface area (Å²) in [6, 6.07) is 21.8. The molecule has 3 aromatic carbocycles. The zero-order chi connectivity index (χ0) is 19.9. The van der Waals surface area contributed by atoms with E-state index in [9.17, 15) is 14.0 Å². The van der Waals surface area contributed by atoms with Gasteiger partial charge in [-0.15, -0.1) is 0 Å². The Labute approximate surface area is 161 Å². The minimum Gasteiger partial charge on any atom is -0.444 e. The first-order valence-corrected chi connectivity index (χ1v) is 8.39. The topological polar surface area (TPSA) is 79.2 Å². The van der Waals surface area contributed by atoms with Gasteiger partial charge >= 0.3 is 5.97 Å². The third-order valence-corrected chi connectivity index (χ3v) is 3.90. The van der Waals surface area contributed by atoms with Crippen LogP contribution < -0.4 is 5.32 Å². The summed E-state index contributed by atoms with van der Waals surface area (Å²) in [5, 5.41) is 11.6. The fraction of sp³-hybridized carbons (Fsp3) is 0.0455. The van der Waals surface area contributed by atoms with Gasteiger partial charge < -0.3 is 10.1 Å². The molecular weight excluding hydrogens is 359 g/mol. The highest BCUT2D eigenvalue weighted by Crippen LogP contribution is 2.22. The molecule has 28 heavy (non-hydrogen) atoms. The molecule has 0 aromatic heterocycles. The number of nitrogens with one attached hydrogen (secondary N) is 1. The van der Waals surface area contributed by atoms with E-state index in [0.29, 0.717) is 16.8 Å². The molecule has 0 heterocycles. The highest BCUT2D eigenvalue weighted by Gasteiger charge is 2.26. The molecule has 0 fully saturated rings. The van der Waals surface area contributed by atoms with Crippen LogP contribution in [0, 0.1) is 17.1 Å². The van der Waals surface area contributed by atoms with Gasteiger partial charge in [-0.3, -0.25) is 4.79 Å². The zero-order valence-electron chi connectivity index (χ0n) is 14.6. The lowest BCUT2D eigenvalue weighted by molar-refractivity contribution is -0.125. The second-order valence-electron chi connectivity index (χ2n) is 5.88. The van der Waals surface area contributed by atoms with Gasteiger partial charge in [0.2, 0.25) is 6.10 Å². The molecule has 0 aliphatic carbocycles. The van der Waals surface area contributed by atoms with Crippen LogP contribution in [0.1, 0.15) is 27.6 Å². The maximum Gasteiger partial charge on any atom is 0.339 e. The Morgan fingerprint density at radius 2 is 1.68 bits per heavy atom. The van der Waals surface area contributed by atoms with Crippen molar-refractivity contribution in [1.29, 1.82) is 5.26 Å². The fourth-order valence-electron chi connectivity index (χ4n) is 2.53. The highest BCUT2D eigenvalue weighted by molar-refractivity contribution is 5.98. The molecule has 0 bridgehead atoms. The van der Waals surface area contributed by atoms with Gasteiger partial charge in [0.1, 0.15) is 5.82 Å². The number of carbonyl (C=O) groups excluding carboxylic acids is 2. The normalized spacial score (nSPS) is 11.1. The third kappa shape index (κ3) is 4.59. The molecule has 0 spiro atoms. The number of amides is 1. The van der Waals surface area contributed by atoms with Crippen molar-refractivity contribution in [2.45, 2.75) is 6.10 Å². The molecule has 0 aliphatic rings. The van der Waals surface area contributed by atoms with Crippen LogP contribution in [0.25, 0.3) is 0 Å². The summed E-state index contributed by atoms with van der Waals surface area (Å²) in [5.41, 5.74) is 1.32. The lowest BCUT2D eigenvalue weighted by Gasteiger charge is -2.18. The first-order valence-electron chi connectivity index (χ1n) is 8.39. The number of hydrogen-bond acceptors (Lipinski definition) is 4. The van der Waals surface area contributed by atoms with Crippen LogP contribution in [0.2, 0.25) is 0 Å². The fourth-order valence-corrected chi connectivity index (χ4v) is 2.53. The second-order valence-corrected chi connectivity index (χ2v) is 5.88. The molecule has 138 valence electrons. The van der Waals surface area contributed by atoms with E-state index in [4.69, 9.17) is 10.00 Å². The first kappa shape index (κ1) is 18.8.